The van der Waals surface area contributed by atoms with Gasteiger partial charge in [0, 0.05) is 31.0 Å². The average molecular weight is 674 g/mol. The van der Waals surface area contributed by atoms with Crippen LogP contribution in [-0.2, 0) is 33.1 Å². The van der Waals surface area contributed by atoms with Crippen molar-refractivity contribution in [1.29, 1.82) is 0 Å². The highest BCUT2D eigenvalue weighted by atomic mass is 19.4. The number of likely N-dealkylation sites (tertiary alicyclic amines) is 1. The summed E-state index contributed by atoms with van der Waals surface area (Å²) < 4.78 is 86.6. The van der Waals surface area contributed by atoms with Crippen molar-refractivity contribution in [2.45, 2.75) is 89.1 Å². The summed E-state index contributed by atoms with van der Waals surface area (Å²) in [7, 11) is 1.21. The van der Waals surface area contributed by atoms with Gasteiger partial charge in [0.25, 0.3) is 5.91 Å². The van der Waals surface area contributed by atoms with Gasteiger partial charge in [0.1, 0.15) is 0 Å². The second-order valence-corrected chi connectivity index (χ2v) is 12.3. The van der Waals surface area contributed by atoms with Gasteiger partial charge in [0.15, 0.2) is 13.1 Å². The minimum Gasteiger partial charge on any atom is -0.477 e. The molecule has 1 N–H and O–H groups in total. The first-order chi connectivity index (χ1) is 22.1. The molecule has 0 aliphatic carbocycles. The SMILES string of the molecule is CCCCCCCC[N+](CC(=O)O)(CC(=O)OC)[C@H]1CCN(C(=O)c2cc(C(F)(F)F)cc(C(F)(F)F)c2)[C@H](Cc2ccccc2)C1. The van der Waals surface area contributed by atoms with Gasteiger partial charge in [-0.05, 0) is 43.0 Å². The van der Waals surface area contributed by atoms with Gasteiger partial charge >= 0.3 is 24.3 Å². The highest BCUT2D eigenvalue weighted by molar-refractivity contribution is 5.95. The number of esters is 1. The average Bonchev–Trinajstić information content (AvgIpc) is 3.01. The molecule has 1 heterocycles. The van der Waals surface area contributed by atoms with Gasteiger partial charge in [-0.1, -0.05) is 62.9 Å². The number of unbranched alkanes of at least 4 members (excludes halogenated alkanes) is 5. The monoisotopic (exact) mass is 673 g/mol. The van der Waals surface area contributed by atoms with E-state index in [2.05, 4.69) is 6.92 Å². The zero-order valence-electron chi connectivity index (χ0n) is 26.7. The number of quaternary nitrogens is 1. The summed E-state index contributed by atoms with van der Waals surface area (Å²) in [5.74, 6) is -2.71. The van der Waals surface area contributed by atoms with E-state index in [0.29, 0.717) is 25.1 Å². The zero-order chi connectivity index (χ0) is 34.8. The Morgan fingerprint density at radius 2 is 1.49 bits per heavy atom. The number of carbonyl (C=O) groups excluding carboxylic acids is 2. The predicted molar refractivity (Wildman–Crippen MR) is 162 cm³/mol. The van der Waals surface area contributed by atoms with Crippen molar-refractivity contribution in [2.24, 2.45) is 0 Å². The number of rotatable bonds is 15. The van der Waals surface area contributed by atoms with E-state index in [4.69, 9.17) is 4.74 Å². The second kappa shape index (κ2) is 16.5. The molecule has 13 heteroatoms. The lowest BCUT2D eigenvalue weighted by Crippen LogP contribution is -2.65. The van der Waals surface area contributed by atoms with Gasteiger partial charge < -0.3 is 19.2 Å². The van der Waals surface area contributed by atoms with Crippen LogP contribution in [0, 0.1) is 0 Å². The molecule has 0 saturated carbocycles. The van der Waals surface area contributed by atoms with Crippen LogP contribution in [0.1, 0.15) is 85.3 Å². The fraction of sp³-hybridized carbons (Fsp3) is 0.559. The van der Waals surface area contributed by atoms with Crippen molar-refractivity contribution >= 4 is 17.8 Å². The first-order valence-corrected chi connectivity index (χ1v) is 15.9. The second-order valence-electron chi connectivity index (χ2n) is 12.3. The highest BCUT2D eigenvalue weighted by Crippen LogP contribution is 2.38. The molecule has 3 rings (SSSR count). The number of carboxylic acids is 1. The number of carboxylic acid groups (broad SMARTS) is 1. The van der Waals surface area contributed by atoms with E-state index in [0.717, 1.165) is 37.7 Å². The van der Waals surface area contributed by atoms with Gasteiger partial charge in [0.2, 0.25) is 0 Å². The number of nitrogens with zero attached hydrogens (tertiary/aromatic N) is 2. The molecular formula is C34H43F6N2O5+. The maximum absolute atomic E-state index is 13.8. The number of ether oxygens (including phenoxy) is 1. The van der Waals surface area contributed by atoms with Crippen molar-refractivity contribution in [3.05, 3.63) is 70.8 Å². The molecule has 1 fully saturated rings. The summed E-state index contributed by atoms with van der Waals surface area (Å²) in [6.07, 6.45) is -4.11. The van der Waals surface area contributed by atoms with Crippen LogP contribution in [0.4, 0.5) is 26.3 Å². The number of alkyl halides is 6. The Labute approximate surface area is 271 Å². The smallest absolute Gasteiger partial charge is 0.416 e. The molecule has 2 aromatic carbocycles. The van der Waals surface area contributed by atoms with E-state index in [1.54, 1.807) is 30.3 Å². The number of carbonyl (C=O) groups is 3. The van der Waals surface area contributed by atoms with Crippen LogP contribution < -0.4 is 0 Å². The van der Waals surface area contributed by atoms with Crippen LogP contribution in [0.25, 0.3) is 0 Å². The van der Waals surface area contributed by atoms with Crippen LogP contribution in [0.2, 0.25) is 0 Å². The molecule has 1 unspecified atom stereocenters. The summed E-state index contributed by atoms with van der Waals surface area (Å²) in [6, 6.07) is 8.60. The summed E-state index contributed by atoms with van der Waals surface area (Å²) in [4.78, 5) is 40.1. The number of halogens is 6. The molecule has 1 aliphatic rings. The van der Waals surface area contributed by atoms with Crippen LogP contribution >= 0.6 is 0 Å². The number of methoxy groups -OCH3 is 1. The quantitative estimate of drug-likeness (QED) is 0.0924. The molecule has 0 spiro atoms. The molecule has 47 heavy (non-hydrogen) atoms. The lowest BCUT2D eigenvalue weighted by Gasteiger charge is -2.49. The Morgan fingerprint density at radius 1 is 0.894 bits per heavy atom. The number of amides is 1. The van der Waals surface area contributed by atoms with Crippen LogP contribution in [0.5, 0.6) is 0 Å². The predicted octanol–water partition coefficient (Wildman–Crippen LogP) is 7.38. The van der Waals surface area contributed by atoms with Crippen LogP contribution in [0.15, 0.2) is 48.5 Å². The largest absolute Gasteiger partial charge is 0.477 e. The Balaban J connectivity index is 2.03. The standard InChI is InChI=1S/C34H42F6N2O5/c1-3-4-5-6-7-11-16-42(22-30(43)44,23-31(45)47-2)29-14-15-41(28(21-29)17-24-12-9-8-10-13-24)32(46)25-18-26(33(35,36)37)20-27(19-25)34(38,39)40/h8-10,12-13,18-20,28-29H,3-7,11,14-17,21-23H2,1-2H3/p+1/t28-,29+,42?/m1/s1. The normalized spacial score (nSPS) is 18.4. The summed E-state index contributed by atoms with van der Waals surface area (Å²) in [5, 5.41) is 10.00. The first-order valence-electron chi connectivity index (χ1n) is 15.9. The maximum atomic E-state index is 13.8. The summed E-state index contributed by atoms with van der Waals surface area (Å²) in [6.45, 7) is 1.78. The molecule has 0 aromatic heterocycles. The van der Waals surface area contributed by atoms with Gasteiger partial charge in [0.05, 0.1) is 30.8 Å². The van der Waals surface area contributed by atoms with Gasteiger partial charge in [-0.2, -0.15) is 26.3 Å². The molecule has 2 aromatic rings. The van der Waals surface area contributed by atoms with Crippen molar-refractivity contribution in [2.75, 3.05) is 33.3 Å². The van der Waals surface area contributed by atoms with E-state index in [1.807, 2.05) is 0 Å². The molecule has 7 nitrogen and oxygen atoms in total. The lowest BCUT2D eigenvalue weighted by molar-refractivity contribution is -0.940. The number of hydrogen-bond acceptors (Lipinski definition) is 4. The third-order valence-electron chi connectivity index (χ3n) is 8.95. The van der Waals surface area contributed by atoms with Crippen molar-refractivity contribution in [3.63, 3.8) is 0 Å². The Hall–Kier alpha value is -3.61. The molecule has 3 atom stereocenters. The summed E-state index contributed by atoms with van der Waals surface area (Å²) >= 11 is 0. The van der Waals surface area contributed by atoms with E-state index in [-0.39, 0.29) is 49.4 Å². The van der Waals surface area contributed by atoms with Gasteiger partial charge in [-0.15, -0.1) is 0 Å². The molecule has 0 radical (unpaired) electrons. The molecular weight excluding hydrogens is 630 g/mol. The van der Waals surface area contributed by atoms with E-state index < -0.39 is 59.0 Å². The first kappa shape index (κ1) is 37.8. The third kappa shape index (κ3) is 10.7. The van der Waals surface area contributed by atoms with Crippen LogP contribution in [0.3, 0.4) is 0 Å². The number of piperidine rings is 1. The molecule has 1 aliphatic heterocycles. The maximum Gasteiger partial charge on any atom is 0.416 e. The molecule has 1 amide bonds. The fourth-order valence-electron chi connectivity index (χ4n) is 6.57. The molecule has 1 saturated heterocycles. The van der Waals surface area contributed by atoms with E-state index in [9.17, 15) is 45.8 Å². The van der Waals surface area contributed by atoms with Crippen molar-refractivity contribution < 1.29 is 55.1 Å². The van der Waals surface area contributed by atoms with Crippen molar-refractivity contribution in [1.82, 2.24) is 4.90 Å². The highest BCUT2D eigenvalue weighted by Gasteiger charge is 2.46. The van der Waals surface area contributed by atoms with Crippen LogP contribution in [-0.4, -0.2) is 77.7 Å². The number of aliphatic carboxylic acids is 1. The van der Waals surface area contributed by atoms with E-state index >= 15 is 0 Å². The molecule has 260 valence electrons. The fourth-order valence-corrected chi connectivity index (χ4v) is 6.57. The minimum atomic E-state index is -5.12. The van der Waals surface area contributed by atoms with Crippen molar-refractivity contribution in [3.8, 4) is 0 Å². The topological polar surface area (TPSA) is 83.9 Å². The minimum absolute atomic E-state index is 0.0166. The lowest BCUT2D eigenvalue weighted by atomic mass is 9.88. The van der Waals surface area contributed by atoms with Gasteiger partial charge in [-0.25, -0.2) is 9.59 Å². The number of hydrogen-bond donors (Lipinski definition) is 1. The zero-order valence-corrected chi connectivity index (χ0v) is 26.7. The Morgan fingerprint density at radius 3 is 2.04 bits per heavy atom. The summed E-state index contributed by atoms with van der Waals surface area (Å²) in [5.41, 5.74) is -3.13. The molecule has 0 bridgehead atoms. The third-order valence-corrected chi connectivity index (χ3v) is 8.95. The van der Waals surface area contributed by atoms with E-state index in [1.165, 1.54) is 12.0 Å². The Bertz CT molecular complexity index is 1320. The Kier molecular flexibility index (Phi) is 13.3. The number of benzene rings is 2. The van der Waals surface area contributed by atoms with Gasteiger partial charge in [-0.3, -0.25) is 4.79 Å².